The molecule has 0 aliphatic heterocycles. The number of benzene rings is 1. The fourth-order valence-corrected chi connectivity index (χ4v) is 2.49. The van der Waals surface area contributed by atoms with Gasteiger partial charge in [0, 0.05) is 6.04 Å². The van der Waals surface area contributed by atoms with Crippen molar-refractivity contribution in [3.05, 3.63) is 29.3 Å². The topological polar surface area (TPSA) is 61.7 Å². The summed E-state index contributed by atoms with van der Waals surface area (Å²) < 4.78 is 5.61. The van der Waals surface area contributed by atoms with Gasteiger partial charge in [0.1, 0.15) is 18.5 Å². The Bertz CT molecular complexity index is 395. The number of aliphatic hydroxyl groups is 2. The molecule has 0 fully saturated rings. The van der Waals surface area contributed by atoms with Gasteiger partial charge in [-0.3, -0.25) is 0 Å². The van der Waals surface area contributed by atoms with Crippen LogP contribution in [0.15, 0.2) is 18.2 Å². The van der Waals surface area contributed by atoms with Gasteiger partial charge >= 0.3 is 0 Å². The van der Waals surface area contributed by atoms with Crippen LogP contribution in [-0.2, 0) is 6.42 Å². The maximum Gasteiger partial charge on any atom is 0.122 e. The fraction of sp³-hybridized carbons (Fsp3) is 0.571. The number of rotatable bonds is 5. The summed E-state index contributed by atoms with van der Waals surface area (Å²) in [5, 5.41) is 21.4. The van der Waals surface area contributed by atoms with Gasteiger partial charge in [-0.05, 0) is 43.5 Å². The molecule has 0 aromatic heterocycles. The molecule has 0 spiro atoms. The van der Waals surface area contributed by atoms with E-state index < -0.39 is 6.10 Å². The molecule has 1 aliphatic carbocycles. The van der Waals surface area contributed by atoms with Crippen molar-refractivity contribution >= 4 is 0 Å². The van der Waals surface area contributed by atoms with Gasteiger partial charge in [0.15, 0.2) is 0 Å². The van der Waals surface area contributed by atoms with Crippen molar-refractivity contribution in [1.29, 1.82) is 0 Å². The van der Waals surface area contributed by atoms with Crippen molar-refractivity contribution in [3.8, 4) is 5.75 Å². The average Bonchev–Trinajstić information content (AvgIpc) is 2.43. The van der Waals surface area contributed by atoms with E-state index in [0.29, 0.717) is 6.04 Å². The van der Waals surface area contributed by atoms with Gasteiger partial charge in [-0.1, -0.05) is 12.1 Å². The van der Waals surface area contributed by atoms with Gasteiger partial charge in [0.25, 0.3) is 0 Å². The highest BCUT2D eigenvalue weighted by atomic mass is 16.5. The number of hydrogen-bond donors (Lipinski definition) is 3. The summed E-state index contributed by atoms with van der Waals surface area (Å²) in [6.45, 7) is -0.134. The monoisotopic (exact) mass is 251 g/mol. The highest BCUT2D eigenvalue weighted by molar-refractivity contribution is 5.43. The molecule has 2 rings (SSSR count). The van der Waals surface area contributed by atoms with Gasteiger partial charge < -0.3 is 20.3 Å². The van der Waals surface area contributed by atoms with Crippen molar-refractivity contribution in [2.75, 3.05) is 20.3 Å². The zero-order valence-corrected chi connectivity index (χ0v) is 10.7. The van der Waals surface area contributed by atoms with Crippen molar-refractivity contribution in [2.45, 2.75) is 31.4 Å². The third-order valence-electron chi connectivity index (χ3n) is 3.45. The quantitative estimate of drug-likeness (QED) is 0.731. The van der Waals surface area contributed by atoms with Crippen molar-refractivity contribution in [3.63, 3.8) is 0 Å². The van der Waals surface area contributed by atoms with Crippen LogP contribution < -0.4 is 10.1 Å². The Labute approximate surface area is 108 Å². The molecular weight excluding hydrogens is 230 g/mol. The molecule has 4 heteroatoms. The van der Waals surface area contributed by atoms with E-state index in [0.717, 1.165) is 25.0 Å². The SMILES string of the molecule is CNC1CCCc2c(OCC(O)CO)cccc21. The Kier molecular flexibility index (Phi) is 4.58. The zero-order chi connectivity index (χ0) is 13.0. The van der Waals surface area contributed by atoms with Crippen LogP contribution in [0.25, 0.3) is 0 Å². The van der Waals surface area contributed by atoms with Gasteiger partial charge in [-0.25, -0.2) is 0 Å². The first-order chi connectivity index (χ1) is 8.76. The lowest BCUT2D eigenvalue weighted by Crippen LogP contribution is -2.24. The first-order valence-electron chi connectivity index (χ1n) is 6.47. The minimum atomic E-state index is -0.815. The van der Waals surface area contributed by atoms with Crippen molar-refractivity contribution in [2.24, 2.45) is 0 Å². The normalized spacial score (nSPS) is 20.3. The largest absolute Gasteiger partial charge is 0.491 e. The van der Waals surface area contributed by atoms with E-state index in [1.54, 1.807) is 0 Å². The molecule has 0 bridgehead atoms. The Morgan fingerprint density at radius 3 is 3.06 bits per heavy atom. The minimum absolute atomic E-state index is 0.136. The Hall–Kier alpha value is -1.10. The molecule has 0 saturated carbocycles. The van der Waals surface area contributed by atoms with Crippen LogP contribution in [0.1, 0.15) is 30.0 Å². The lowest BCUT2D eigenvalue weighted by Gasteiger charge is -2.27. The van der Waals surface area contributed by atoms with Crippen molar-refractivity contribution < 1.29 is 14.9 Å². The number of nitrogens with one attached hydrogen (secondary N) is 1. The maximum atomic E-state index is 9.33. The zero-order valence-electron chi connectivity index (χ0n) is 10.7. The molecule has 100 valence electrons. The van der Waals surface area contributed by atoms with Gasteiger partial charge in [-0.15, -0.1) is 0 Å². The standard InChI is InChI=1S/C14H21NO3/c1-15-13-6-2-5-12-11(13)4-3-7-14(12)18-9-10(17)8-16/h3-4,7,10,13,15-17H,2,5-6,8-9H2,1H3. The van der Waals surface area contributed by atoms with Crippen LogP contribution in [0, 0.1) is 0 Å². The summed E-state index contributed by atoms with van der Waals surface area (Å²) in [5.41, 5.74) is 2.52. The number of ether oxygens (including phenoxy) is 1. The molecule has 1 aromatic carbocycles. The minimum Gasteiger partial charge on any atom is -0.491 e. The smallest absolute Gasteiger partial charge is 0.122 e. The van der Waals surface area contributed by atoms with E-state index in [1.807, 2.05) is 19.2 Å². The second kappa shape index (κ2) is 6.18. The summed E-state index contributed by atoms with van der Waals surface area (Å²) in [5.74, 6) is 0.833. The van der Waals surface area contributed by atoms with E-state index in [9.17, 15) is 5.11 Å². The molecule has 1 aliphatic rings. The Morgan fingerprint density at radius 1 is 1.50 bits per heavy atom. The summed E-state index contributed by atoms with van der Waals surface area (Å²) in [7, 11) is 1.98. The molecule has 2 unspecified atom stereocenters. The van der Waals surface area contributed by atoms with Crippen LogP contribution in [0.2, 0.25) is 0 Å². The molecule has 1 aromatic rings. The Balaban J connectivity index is 2.16. The van der Waals surface area contributed by atoms with E-state index in [1.165, 1.54) is 11.1 Å². The number of fused-ring (bicyclic) bond motifs is 1. The summed E-state index contributed by atoms with van der Waals surface area (Å²) in [6.07, 6.45) is 2.48. The maximum absolute atomic E-state index is 9.33. The molecular formula is C14H21NO3. The molecule has 18 heavy (non-hydrogen) atoms. The lowest BCUT2D eigenvalue weighted by molar-refractivity contribution is 0.0532. The van der Waals surface area contributed by atoms with Gasteiger partial charge in [0.2, 0.25) is 0 Å². The van der Waals surface area contributed by atoms with Crippen LogP contribution >= 0.6 is 0 Å². The molecule has 0 saturated heterocycles. The Morgan fingerprint density at radius 2 is 2.33 bits per heavy atom. The summed E-state index contributed by atoms with van der Waals surface area (Å²) in [6, 6.07) is 6.43. The van der Waals surface area contributed by atoms with Crippen LogP contribution in [0.5, 0.6) is 5.75 Å². The predicted octanol–water partition coefficient (Wildman–Crippen LogP) is 1.02. The van der Waals surface area contributed by atoms with E-state index in [2.05, 4.69) is 11.4 Å². The molecule has 0 heterocycles. The first kappa shape index (κ1) is 13.3. The number of hydrogen-bond acceptors (Lipinski definition) is 4. The van der Waals surface area contributed by atoms with E-state index >= 15 is 0 Å². The second-order valence-corrected chi connectivity index (χ2v) is 4.70. The highest BCUT2D eigenvalue weighted by Crippen LogP contribution is 2.35. The van der Waals surface area contributed by atoms with Crippen LogP contribution in [-0.4, -0.2) is 36.6 Å². The average molecular weight is 251 g/mol. The third kappa shape index (κ3) is 2.83. The number of aliphatic hydroxyl groups excluding tert-OH is 2. The van der Waals surface area contributed by atoms with Gasteiger partial charge in [0.05, 0.1) is 6.61 Å². The fourth-order valence-electron chi connectivity index (χ4n) is 2.49. The molecule has 3 N–H and O–H groups in total. The first-order valence-corrected chi connectivity index (χ1v) is 6.47. The molecule has 0 amide bonds. The molecule has 4 nitrogen and oxygen atoms in total. The lowest BCUT2D eigenvalue weighted by atomic mass is 9.87. The summed E-state index contributed by atoms with van der Waals surface area (Å²) in [4.78, 5) is 0. The molecule has 2 atom stereocenters. The van der Waals surface area contributed by atoms with E-state index in [-0.39, 0.29) is 13.2 Å². The van der Waals surface area contributed by atoms with Crippen LogP contribution in [0.3, 0.4) is 0 Å². The third-order valence-corrected chi connectivity index (χ3v) is 3.45. The predicted molar refractivity (Wildman–Crippen MR) is 69.8 cm³/mol. The van der Waals surface area contributed by atoms with E-state index in [4.69, 9.17) is 9.84 Å². The second-order valence-electron chi connectivity index (χ2n) is 4.70. The highest BCUT2D eigenvalue weighted by Gasteiger charge is 2.21. The summed E-state index contributed by atoms with van der Waals surface area (Å²) >= 11 is 0. The van der Waals surface area contributed by atoms with Gasteiger partial charge in [-0.2, -0.15) is 0 Å². The van der Waals surface area contributed by atoms with Crippen LogP contribution in [0.4, 0.5) is 0 Å². The van der Waals surface area contributed by atoms with Crippen molar-refractivity contribution in [1.82, 2.24) is 5.32 Å². The molecule has 0 radical (unpaired) electrons.